The molecule has 0 aliphatic heterocycles. The van der Waals surface area contributed by atoms with Crippen LogP contribution in [0, 0.1) is 0 Å². The molecule has 3 aromatic rings. The van der Waals surface area contributed by atoms with E-state index in [0.29, 0.717) is 28.5 Å². The zero-order valence-corrected chi connectivity index (χ0v) is 16.9. The number of amides is 2. The predicted molar refractivity (Wildman–Crippen MR) is 114 cm³/mol. The Balaban J connectivity index is 1.54. The minimum Gasteiger partial charge on any atom is -0.334 e. The monoisotopic (exact) mass is 430 g/mol. The SMILES string of the molecule is O=C(NCc1cccnc1)Nc1ccc(NS(=O)(=O)Cc2ccccc2Cl)cc1. The van der Waals surface area contributed by atoms with Crippen molar-refractivity contribution in [2.45, 2.75) is 12.3 Å². The van der Waals surface area contributed by atoms with E-state index in [4.69, 9.17) is 11.6 Å². The molecule has 29 heavy (non-hydrogen) atoms. The number of hydrogen-bond donors (Lipinski definition) is 3. The lowest BCUT2D eigenvalue weighted by Crippen LogP contribution is -2.28. The van der Waals surface area contributed by atoms with Gasteiger partial charge in [-0.1, -0.05) is 35.9 Å². The summed E-state index contributed by atoms with van der Waals surface area (Å²) in [5.74, 6) is -0.233. The number of benzene rings is 2. The summed E-state index contributed by atoms with van der Waals surface area (Å²) >= 11 is 6.03. The van der Waals surface area contributed by atoms with Gasteiger partial charge in [-0.25, -0.2) is 13.2 Å². The number of nitrogens with one attached hydrogen (secondary N) is 3. The van der Waals surface area contributed by atoms with Crippen LogP contribution in [0.1, 0.15) is 11.1 Å². The molecule has 0 unspecified atom stereocenters. The highest BCUT2D eigenvalue weighted by atomic mass is 35.5. The Morgan fingerprint density at radius 2 is 1.69 bits per heavy atom. The Kier molecular flexibility index (Phi) is 6.69. The first-order valence-electron chi connectivity index (χ1n) is 8.69. The average Bonchev–Trinajstić information content (AvgIpc) is 2.70. The summed E-state index contributed by atoms with van der Waals surface area (Å²) in [7, 11) is -3.63. The molecule has 0 aliphatic carbocycles. The molecule has 2 amide bonds. The van der Waals surface area contributed by atoms with Gasteiger partial charge in [0.05, 0.1) is 5.75 Å². The van der Waals surface area contributed by atoms with E-state index in [9.17, 15) is 13.2 Å². The number of halogens is 1. The van der Waals surface area contributed by atoms with Crippen molar-refractivity contribution in [3.63, 3.8) is 0 Å². The van der Waals surface area contributed by atoms with Crippen molar-refractivity contribution < 1.29 is 13.2 Å². The molecule has 0 fully saturated rings. The summed E-state index contributed by atoms with van der Waals surface area (Å²) in [5, 5.41) is 5.80. The fourth-order valence-electron chi connectivity index (χ4n) is 2.52. The molecule has 150 valence electrons. The third-order valence-electron chi connectivity index (χ3n) is 3.90. The lowest BCUT2D eigenvalue weighted by atomic mass is 10.2. The van der Waals surface area contributed by atoms with Gasteiger partial charge in [0, 0.05) is 35.3 Å². The van der Waals surface area contributed by atoms with Crippen LogP contribution < -0.4 is 15.4 Å². The fraction of sp³-hybridized carbons (Fsp3) is 0.100. The molecule has 9 heteroatoms. The number of urea groups is 1. The second-order valence-corrected chi connectivity index (χ2v) is 8.33. The molecular formula is C20H19ClN4O3S. The Morgan fingerprint density at radius 1 is 0.966 bits per heavy atom. The van der Waals surface area contributed by atoms with Crippen LogP contribution in [0.5, 0.6) is 0 Å². The third-order valence-corrected chi connectivity index (χ3v) is 5.50. The highest BCUT2D eigenvalue weighted by Crippen LogP contribution is 2.20. The van der Waals surface area contributed by atoms with Gasteiger partial charge in [0.25, 0.3) is 0 Å². The minimum absolute atomic E-state index is 0.233. The van der Waals surface area contributed by atoms with Crippen LogP contribution in [0.4, 0.5) is 16.2 Å². The minimum atomic E-state index is -3.63. The number of hydrogen-bond acceptors (Lipinski definition) is 4. The number of anilines is 2. The number of sulfonamides is 1. The Morgan fingerprint density at radius 3 is 2.38 bits per heavy atom. The first-order chi connectivity index (χ1) is 13.9. The van der Waals surface area contributed by atoms with Crippen molar-refractivity contribution in [1.29, 1.82) is 0 Å². The van der Waals surface area contributed by atoms with Crippen LogP contribution in [0.2, 0.25) is 5.02 Å². The largest absolute Gasteiger partial charge is 0.334 e. The van der Waals surface area contributed by atoms with Gasteiger partial charge in [-0.05, 0) is 47.5 Å². The van der Waals surface area contributed by atoms with Crippen molar-refractivity contribution in [3.8, 4) is 0 Å². The maximum Gasteiger partial charge on any atom is 0.319 e. The number of carbonyl (C=O) groups excluding carboxylic acids is 1. The van der Waals surface area contributed by atoms with Crippen LogP contribution in [-0.2, 0) is 22.3 Å². The van der Waals surface area contributed by atoms with Gasteiger partial charge < -0.3 is 10.6 Å². The smallest absolute Gasteiger partial charge is 0.319 e. The highest BCUT2D eigenvalue weighted by Gasteiger charge is 2.14. The first-order valence-corrected chi connectivity index (χ1v) is 10.7. The number of aromatic nitrogens is 1. The molecule has 3 rings (SSSR count). The number of nitrogens with zero attached hydrogens (tertiary/aromatic N) is 1. The molecule has 2 aromatic carbocycles. The molecule has 0 spiro atoms. The molecular weight excluding hydrogens is 412 g/mol. The van der Waals surface area contributed by atoms with Crippen molar-refractivity contribution in [3.05, 3.63) is 89.2 Å². The molecule has 1 aromatic heterocycles. The standard InChI is InChI=1S/C20H19ClN4O3S/c21-19-6-2-1-5-16(19)14-29(27,28)25-18-9-7-17(8-10-18)24-20(26)23-13-15-4-3-11-22-12-15/h1-12,25H,13-14H2,(H2,23,24,26). The summed E-state index contributed by atoms with van der Waals surface area (Å²) in [6, 6.07) is 16.4. The van der Waals surface area contributed by atoms with Gasteiger partial charge in [0.2, 0.25) is 10.0 Å². The molecule has 0 radical (unpaired) electrons. The zero-order chi connectivity index (χ0) is 20.7. The van der Waals surface area contributed by atoms with Gasteiger partial charge in [-0.2, -0.15) is 0 Å². The maximum absolute atomic E-state index is 12.3. The van der Waals surface area contributed by atoms with Crippen LogP contribution in [-0.4, -0.2) is 19.4 Å². The van der Waals surface area contributed by atoms with Crippen LogP contribution >= 0.6 is 11.6 Å². The average molecular weight is 431 g/mol. The van der Waals surface area contributed by atoms with E-state index in [1.807, 2.05) is 6.07 Å². The van der Waals surface area contributed by atoms with Gasteiger partial charge in [0.1, 0.15) is 0 Å². The lowest BCUT2D eigenvalue weighted by molar-refractivity contribution is 0.251. The Hall–Kier alpha value is -3.10. The van der Waals surface area contributed by atoms with Crippen LogP contribution in [0.25, 0.3) is 0 Å². The fourth-order valence-corrected chi connectivity index (χ4v) is 4.03. The zero-order valence-electron chi connectivity index (χ0n) is 15.3. The molecule has 0 atom stereocenters. The van der Waals surface area contributed by atoms with Crippen molar-refractivity contribution in [1.82, 2.24) is 10.3 Å². The van der Waals surface area contributed by atoms with Crippen molar-refractivity contribution >= 4 is 39.0 Å². The molecule has 0 saturated carbocycles. The van der Waals surface area contributed by atoms with Gasteiger partial charge in [0.15, 0.2) is 0 Å². The van der Waals surface area contributed by atoms with Gasteiger partial charge >= 0.3 is 6.03 Å². The third kappa shape index (κ3) is 6.48. The quantitative estimate of drug-likeness (QED) is 0.527. The second-order valence-electron chi connectivity index (χ2n) is 6.20. The Labute approximate surface area is 174 Å². The van der Waals surface area contributed by atoms with E-state index < -0.39 is 10.0 Å². The number of pyridine rings is 1. The Bertz CT molecular complexity index is 1070. The maximum atomic E-state index is 12.3. The number of carbonyl (C=O) groups is 1. The molecule has 0 bridgehead atoms. The van der Waals surface area contributed by atoms with Crippen molar-refractivity contribution in [2.75, 3.05) is 10.0 Å². The summed E-state index contributed by atoms with van der Waals surface area (Å²) in [6.07, 6.45) is 3.33. The number of rotatable bonds is 7. The van der Waals surface area contributed by atoms with Crippen LogP contribution in [0.3, 0.4) is 0 Å². The van der Waals surface area contributed by atoms with E-state index in [1.54, 1.807) is 67.0 Å². The summed E-state index contributed by atoms with van der Waals surface area (Å²) < 4.78 is 27.2. The van der Waals surface area contributed by atoms with Crippen molar-refractivity contribution in [2.24, 2.45) is 0 Å². The second kappa shape index (κ2) is 9.40. The molecule has 0 aliphatic rings. The van der Waals surface area contributed by atoms with E-state index >= 15 is 0 Å². The van der Waals surface area contributed by atoms with E-state index in [0.717, 1.165) is 5.56 Å². The van der Waals surface area contributed by atoms with Gasteiger partial charge in [-0.3, -0.25) is 9.71 Å². The first kappa shape index (κ1) is 20.6. The highest BCUT2D eigenvalue weighted by molar-refractivity contribution is 7.91. The topological polar surface area (TPSA) is 100 Å². The molecule has 0 saturated heterocycles. The van der Waals surface area contributed by atoms with E-state index in [2.05, 4.69) is 20.3 Å². The lowest BCUT2D eigenvalue weighted by Gasteiger charge is -2.11. The summed E-state index contributed by atoms with van der Waals surface area (Å²) in [5.41, 5.74) is 2.32. The van der Waals surface area contributed by atoms with Crippen LogP contribution in [0.15, 0.2) is 73.1 Å². The van der Waals surface area contributed by atoms with E-state index in [1.165, 1.54) is 0 Å². The van der Waals surface area contributed by atoms with E-state index in [-0.39, 0.29) is 11.8 Å². The normalized spacial score (nSPS) is 10.9. The molecule has 3 N–H and O–H groups in total. The molecule has 1 heterocycles. The summed E-state index contributed by atoms with van der Waals surface area (Å²) in [4.78, 5) is 15.9. The predicted octanol–water partition coefficient (Wildman–Crippen LogP) is 4.00. The molecule has 7 nitrogen and oxygen atoms in total. The summed E-state index contributed by atoms with van der Waals surface area (Å²) in [6.45, 7) is 0.347. The van der Waals surface area contributed by atoms with Gasteiger partial charge in [-0.15, -0.1) is 0 Å².